The van der Waals surface area contributed by atoms with Crippen LogP contribution in [0.3, 0.4) is 0 Å². The second-order valence-electron chi connectivity index (χ2n) is 8.31. The molecule has 1 aromatic heterocycles. The fourth-order valence-electron chi connectivity index (χ4n) is 3.66. The summed E-state index contributed by atoms with van der Waals surface area (Å²) in [6.07, 6.45) is -4.92. The highest BCUT2D eigenvalue weighted by atomic mass is 32.2. The van der Waals surface area contributed by atoms with Crippen molar-refractivity contribution in [3.05, 3.63) is 107 Å². The van der Waals surface area contributed by atoms with Gasteiger partial charge in [-0.1, -0.05) is 30.3 Å². The molecule has 0 aliphatic carbocycles. The zero-order valence-electron chi connectivity index (χ0n) is 19.6. The lowest BCUT2D eigenvalue weighted by Crippen LogP contribution is -2.17. The number of halogens is 3. The quantitative estimate of drug-likeness (QED) is 0.371. The number of hydrogen-bond acceptors (Lipinski definition) is 6. The molecule has 0 spiro atoms. The van der Waals surface area contributed by atoms with Gasteiger partial charge in [-0.15, -0.1) is 0 Å². The van der Waals surface area contributed by atoms with Crippen molar-refractivity contribution in [3.8, 4) is 11.8 Å². The van der Waals surface area contributed by atoms with Gasteiger partial charge in [-0.25, -0.2) is 13.1 Å². The van der Waals surface area contributed by atoms with E-state index in [2.05, 4.69) is 10.4 Å². The molecule has 4 rings (SSSR count). The smallest absolute Gasteiger partial charge is 0.384 e. The number of carbonyl (C=O) groups is 1. The number of aliphatic hydroxyl groups excluding tert-OH is 1. The van der Waals surface area contributed by atoms with Crippen LogP contribution in [0.15, 0.2) is 83.8 Å². The summed E-state index contributed by atoms with van der Waals surface area (Å²) >= 11 is 0. The maximum atomic E-state index is 13.4. The number of amides is 1. The van der Waals surface area contributed by atoms with E-state index in [-0.39, 0.29) is 21.8 Å². The number of nitrogens with one attached hydrogen (secondary N) is 1. The van der Waals surface area contributed by atoms with Gasteiger partial charge >= 0.3 is 6.18 Å². The Kier molecular flexibility index (Phi) is 7.08. The summed E-state index contributed by atoms with van der Waals surface area (Å²) in [5.74, 6) is -0.903. The van der Waals surface area contributed by atoms with E-state index in [9.17, 15) is 31.5 Å². The van der Waals surface area contributed by atoms with Crippen LogP contribution in [0.2, 0.25) is 0 Å². The third-order valence-corrected chi connectivity index (χ3v) is 6.66. The molecule has 2 N–H and O–H groups in total. The molecule has 0 saturated heterocycles. The Labute approximate surface area is 215 Å². The molecule has 8 nitrogen and oxygen atoms in total. The first-order valence-corrected chi connectivity index (χ1v) is 12.8. The number of carbonyl (C=O) groups excluding carboxylic acids is 1. The largest absolute Gasteiger partial charge is 0.435 e. The first-order valence-electron chi connectivity index (χ1n) is 10.9. The van der Waals surface area contributed by atoms with Crippen molar-refractivity contribution in [2.24, 2.45) is 0 Å². The molecule has 0 fully saturated rings. The van der Waals surface area contributed by atoms with E-state index in [4.69, 9.17) is 5.26 Å². The van der Waals surface area contributed by atoms with E-state index in [0.717, 1.165) is 10.9 Å². The predicted molar refractivity (Wildman–Crippen MR) is 131 cm³/mol. The Bertz CT molecular complexity index is 1660. The molecule has 194 valence electrons. The van der Waals surface area contributed by atoms with E-state index in [1.165, 1.54) is 66.7 Å². The fraction of sp³-hybridized carbons (Fsp3) is 0.115. The van der Waals surface area contributed by atoms with Crippen molar-refractivity contribution in [2.45, 2.75) is 17.2 Å². The molecule has 4 aromatic rings. The van der Waals surface area contributed by atoms with Gasteiger partial charge < -0.3 is 10.4 Å². The lowest BCUT2D eigenvalue weighted by Gasteiger charge is -2.14. The van der Waals surface area contributed by atoms with Crippen molar-refractivity contribution in [3.63, 3.8) is 0 Å². The van der Waals surface area contributed by atoms with Gasteiger partial charge in [0, 0.05) is 18.0 Å². The summed E-state index contributed by atoms with van der Waals surface area (Å²) < 4.78 is 64.4. The number of nitrogens with zero attached hydrogens (tertiary/aromatic N) is 3. The zero-order chi connectivity index (χ0) is 27.7. The summed E-state index contributed by atoms with van der Waals surface area (Å²) in [5.41, 5.74) is -0.518. The summed E-state index contributed by atoms with van der Waals surface area (Å²) in [6, 6.07) is 19.8. The molecule has 12 heteroatoms. The number of rotatable bonds is 6. The highest BCUT2D eigenvalue weighted by Crippen LogP contribution is 2.30. The minimum atomic E-state index is -4.82. The Morgan fingerprint density at radius 3 is 2.34 bits per heavy atom. The SMILES string of the molecule is CS(=O)(=O)c1ccc(C(O)c2cccc(NC(=O)c3cc(C(F)(F)F)nn3-c3cccc(C#N)c3)c2)cc1. The maximum absolute atomic E-state index is 13.4. The van der Waals surface area contributed by atoms with Gasteiger partial charge in [-0.2, -0.15) is 23.5 Å². The summed E-state index contributed by atoms with van der Waals surface area (Å²) in [6.45, 7) is 0. The molecule has 38 heavy (non-hydrogen) atoms. The molecule has 0 saturated carbocycles. The number of aliphatic hydroxyl groups is 1. The first kappa shape index (κ1) is 26.6. The van der Waals surface area contributed by atoms with E-state index in [1.54, 1.807) is 6.07 Å². The van der Waals surface area contributed by atoms with E-state index in [1.807, 2.05) is 6.07 Å². The van der Waals surface area contributed by atoms with Gasteiger partial charge in [0.25, 0.3) is 5.91 Å². The molecule has 1 atom stereocenters. The van der Waals surface area contributed by atoms with Gasteiger partial charge in [0.05, 0.1) is 22.2 Å². The van der Waals surface area contributed by atoms with Crippen LogP contribution in [-0.2, 0) is 16.0 Å². The van der Waals surface area contributed by atoms with Gasteiger partial charge in [0.2, 0.25) is 0 Å². The number of alkyl halides is 3. The predicted octanol–water partition coefficient (Wildman–Crippen LogP) is 4.50. The molecule has 0 aliphatic heterocycles. The normalized spacial score (nSPS) is 12.5. The minimum Gasteiger partial charge on any atom is -0.384 e. The summed E-state index contributed by atoms with van der Waals surface area (Å²) in [4.78, 5) is 13.1. The maximum Gasteiger partial charge on any atom is 0.435 e. The fourth-order valence-corrected chi connectivity index (χ4v) is 4.29. The summed E-state index contributed by atoms with van der Waals surface area (Å²) in [5, 5.41) is 26.0. The minimum absolute atomic E-state index is 0.0876. The van der Waals surface area contributed by atoms with Gasteiger partial charge in [0.15, 0.2) is 15.5 Å². The van der Waals surface area contributed by atoms with E-state index >= 15 is 0 Å². The van der Waals surface area contributed by atoms with Crippen molar-refractivity contribution in [1.82, 2.24) is 9.78 Å². The molecule has 1 unspecified atom stereocenters. The van der Waals surface area contributed by atoms with Crippen LogP contribution in [-0.4, -0.2) is 35.5 Å². The van der Waals surface area contributed by atoms with Crippen LogP contribution >= 0.6 is 0 Å². The van der Waals surface area contributed by atoms with Gasteiger partial charge in [-0.3, -0.25) is 4.79 Å². The van der Waals surface area contributed by atoms with Crippen molar-refractivity contribution in [1.29, 1.82) is 5.26 Å². The highest BCUT2D eigenvalue weighted by molar-refractivity contribution is 7.90. The second-order valence-corrected chi connectivity index (χ2v) is 10.3. The van der Waals surface area contributed by atoms with Crippen LogP contribution < -0.4 is 5.32 Å². The number of aromatic nitrogens is 2. The number of hydrogen-bond donors (Lipinski definition) is 2. The van der Waals surface area contributed by atoms with E-state index in [0.29, 0.717) is 17.2 Å². The lowest BCUT2D eigenvalue weighted by molar-refractivity contribution is -0.141. The molecule has 1 heterocycles. The number of sulfone groups is 1. The summed E-state index contributed by atoms with van der Waals surface area (Å²) in [7, 11) is -3.41. The van der Waals surface area contributed by atoms with Crippen LogP contribution in [0, 0.1) is 11.3 Å². The lowest BCUT2D eigenvalue weighted by atomic mass is 10.0. The third-order valence-electron chi connectivity index (χ3n) is 5.54. The first-order chi connectivity index (χ1) is 17.9. The van der Waals surface area contributed by atoms with Crippen LogP contribution in [0.4, 0.5) is 18.9 Å². The molecule has 3 aromatic carbocycles. The standard InChI is InChI=1S/C26H19F3N4O4S/c1-38(36,37)21-10-8-17(9-11-21)24(34)18-5-3-6-19(13-18)31-25(35)22-14-23(26(27,28)29)32-33(22)20-7-2-4-16(12-20)15-30/h2-14,24,34H,1H3,(H,31,35). The molecule has 0 aliphatic rings. The molecule has 1 amide bonds. The number of anilines is 1. The Morgan fingerprint density at radius 2 is 1.71 bits per heavy atom. The van der Waals surface area contributed by atoms with Gasteiger partial charge in [-0.05, 0) is 53.6 Å². The highest BCUT2D eigenvalue weighted by Gasteiger charge is 2.36. The van der Waals surface area contributed by atoms with E-state index < -0.39 is 39.4 Å². The second kappa shape index (κ2) is 10.1. The van der Waals surface area contributed by atoms with Crippen LogP contribution in [0.5, 0.6) is 0 Å². The Morgan fingerprint density at radius 1 is 1.03 bits per heavy atom. The average Bonchev–Trinajstić information content (AvgIpc) is 3.35. The number of nitriles is 1. The van der Waals surface area contributed by atoms with Gasteiger partial charge in [0.1, 0.15) is 11.8 Å². The third kappa shape index (κ3) is 5.74. The zero-order valence-corrected chi connectivity index (χ0v) is 20.5. The topological polar surface area (TPSA) is 125 Å². The average molecular weight is 541 g/mol. The monoisotopic (exact) mass is 540 g/mol. The Hall–Kier alpha value is -4.47. The Balaban J connectivity index is 1.64. The molecule has 0 bridgehead atoms. The van der Waals surface area contributed by atoms with Crippen molar-refractivity contribution < 1.29 is 31.5 Å². The molecular formula is C26H19F3N4O4S. The van der Waals surface area contributed by atoms with Crippen molar-refractivity contribution in [2.75, 3.05) is 11.6 Å². The molecule has 0 radical (unpaired) electrons. The molecular weight excluding hydrogens is 521 g/mol. The van der Waals surface area contributed by atoms with Crippen LogP contribution in [0.1, 0.15) is 39.0 Å². The van der Waals surface area contributed by atoms with Crippen molar-refractivity contribution >= 4 is 21.4 Å². The number of benzene rings is 3. The van der Waals surface area contributed by atoms with Crippen LogP contribution in [0.25, 0.3) is 5.69 Å².